The Hall–Kier alpha value is -3.04. The number of benzene rings is 1. The Labute approximate surface area is 181 Å². The van der Waals surface area contributed by atoms with Gasteiger partial charge < -0.3 is 14.4 Å². The van der Waals surface area contributed by atoms with Crippen LogP contribution < -0.4 is 9.47 Å². The molecule has 0 radical (unpaired) electrons. The van der Waals surface area contributed by atoms with E-state index in [1.807, 2.05) is 30.3 Å². The molecule has 2 aromatic rings. The molecule has 1 aliphatic rings. The number of nitrogens with zero attached hydrogens (tertiary/aromatic N) is 3. The lowest BCUT2D eigenvalue weighted by Crippen LogP contribution is -2.45. The molecule has 1 aromatic carbocycles. The lowest BCUT2D eigenvalue weighted by atomic mass is 9.78. The Morgan fingerprint density at radius 2 is 2.03 bits per heavy atom. The zero-order chi connectivity index (χ0) is 21.7. The van der Waals surface area contributed by atoms with E-state index in [2.05, 4.69) is 35.7 Å². The summed E-state index contributed by atoms with van der Waals surface area (Å²) in [6, 6.07) is 9.09. The largest absolute Gasteiger partial charge is 0.481 e. The average molecular weight is 426 g/mol. The van der Waals surface area contributed by atoms with Gasteiger partial charge in [-0.3, -0.25) is 4.79 Å². The van der Waals surface area contributed by atoms with E-state index in [9.17, 15) is 4.79 Å². The topological polar surface area (TPSA) is 64.5 Å². The molecule has 0 N–H and O–H groups in total. The van der Waals surface area contributed by atoms with E-state index < -0.39 is 0 Å². The number of hydrogen-bond donors (Lipinski definition) is 0. The van der Waals surface area contributed by atoms with E-state index in [-0.39, 0.29) is 23.0 Å². The first-order valence-corrected chi connectivity index (χ1v) is 9.93. The molecule has 1 saturated heterocycles. The molecule has 30 heavy (non-hydrogen) atoms. The van der Waals surface area contributed by atoms with Gasteiger partial charge in [0.1, 0.15) is 5.69 Å². The number of carbonyl (C=O) groups excluding carboxylic acids is 1. The third-order valence-corrected chi connectivity index (χ3v) is 5.21. The second-order valence-corrected chi connectivity index (χ2v) is 8.03. The van der Waals surface area contributed by atoms with E-state index in [0.29, 0.717) is 24.0 Å². The summed E-state index contributed by atoms with van der Waals surface area (Å²) in [6.45, 7) is 5.37. The van der Waals surface area contributed by atoms with Crippen molar-refractivity contribution in [3.05, 3.63) is 58.3 Å². The van der Waals surface area contributed by atoms with Gasteiger partial charge in [-0.15, -0.1) is 0 Å². The molecule has 1 aliphatic heterocycles. The van der Waals surface area contributed by atoms with Crippen LogP contribution in [0.25, 0.3) is 0 Å². The number of amides is 1. The summed E-state index contributed by atoms with van der Waals surface area (Å²) in [5, 5.41) is 0.666. The smallest absolute Gasteiger partial charge is 0.320 e. The summed E-state index contributed by atoms with van der Waals surface area (Å²) in [7, 11) is 2.94. The molecule has 0 aliphatic carbocycles. The van der Waals surface area contributed by atoms with Crippen molar-refractivity contribution in [2.45, 2.75) is 20.3 Å². The molecule has 7 heteroatoms. The second-order valence-electron chi connectivity index (χ2n) is 7.59. The summed E-state index contributed by atoms with van der Waals surface area (Å²) in [5.74, 6) is 6.37. The van der Waals surface area contributed by atoms with Gasteiger partial charge in [0.05, 0.1) is 14.2 Å². The average Bonchev–Trinajstić information content (AvgIpc) is 2.73. The summed E-state index contributed by atoms with van der Waals surface area (Å²) in [6.07, 6.45) is 2.70. The molecule has 6 nitrogen and oxygen atoms in total. The molecule has 0 bridgehead atoms. The van der Waals surface area contributed by atoms with Crippen LogP contribution in [0.4, 0.5) is 0 Å². The van der Waals surface area contributed by atoms with Gasteiger partial charge in [0.15, 0.2) is 0 Å². The minimum atomic E-state index is -0.210. The van der Waals surface area contributed by atoms with Crippen LogP contribution in [0.15, 0.2) is 42.0 Å². The van der Waals surface area contributed by atoms with Crippen LogP contribution in [-0.4, -0.2) is 48.1 Å². The molecule has 0 atom stereocenters. The third-order valence-electron chi connectivity index (χ3n) is 4.97. The minimum Gasteiger partial charge on any atom is -0.481 e. The van der Waals surface area contributed by atoms with Gasteiger partial charge >= 0.3 is 6.01 Å². The SMILES string of the molecule is COc1cc(C(=O)N2CC/C(=C\C#Cc3cccc(Cl)c3)C(C)(C)C2)nc(OC)n1. The van der Waals surface area contributed by atoms with Crippen LogP contribution >= 0.6 is 11.6 Å². The summed E-state index contributed by atoms with van der Waals surface area (Å²) in [4.78, 5) is 23.0. The van der Waals surface area contributed by atoms with E-state index in [1.165, 1.54) is 25.9 Å². The van der Waals surface area contributed by atoms with Crippen molar-refractivity contribution in [1.29, 1.82) is 0 Å². The Bertz CT molecular complexity index is 1020. The van der Waals surface area contributed by atoms with Crippen molar-refractivity contribution in [2.75, 3.05) is 27.3 Å². The zero-order valence-corrected chi connectivity index (χ0v) is 18.3. The maximum absolute atomic E-state index is 13.0. The Morgan fingerprint density at radius 1 is 1.23 bits per heavy atom. The van der Waals surface area contributed by atoms with Crippen LogP contribution in [-0.2, 0) is 0 Å². The summed E-state index contributed by atoms with van der Waals surface area (Å²) in [5.41, 5.74) is 2.12. The van der Waals surface area contributed by atoms with Gasteiger partial charge in [0.2, 0.25) is 5.88 Å². The monoisotopic (exact) mass is 425 g/mol. The fraction of sp³-hybridized carbons (Fsp3) is 0.348. The first-order valence-electron chi connectivity index (χ1n) is 9.55. The van der Waals surface area contributed by atoms with Crippen molar-refractivity contribution >= 4 is 17.5 Å². The molecule has 3 rings (SSSR count). The fourth-order valence-electron chi connectivity index (χ4n) is 3.34. The number of hydrogen-bond acceptors (Lipinski definition) is 5. The van der Waals surface area contributed by atoms with Gasteiger partial charge in [-0.2, -0.15) is 9.97 Å². The molecular weight excluding hydrogens is 402 g/mol. The Kier molecular flexibility index (Phi) is 6.63. The molecule has 2 heterocycles. The summed E-state index contributed by atoms with van der Waals surface area (Å²) >= 11 is 6.01. The lowest BCUT2D eigenvalue weighted by Gasteiger charge is -2.40. The van der Waals surface area contributed by atoms with Crippen molar-refractivity contribution in [3.63, 3.8) is 0 Å². The Balaban J connectivity index is 1.75. The van der Waals surface area contributed by atoms with Gasteiger partial charge in [0.25, 0.3) is 5.91 Å². The molecule has 0 saturated carbocycles. The molecule has 0 unspecified atom stereocenters. The lowest BCUT2D eigenvalue weighted by molar-refractivity contribution is 0.0655. The van der Waals surface area contributed by atoms with E-state index in [0.717, 1.165) is 12.0 Å². The highest BCUT2D eigenvalue weighted by Gasteiger charge is 2.34. The van der Waals surface area contributed by atoms with E-state index in [4.69, 9.17) is 21.1 Å². The molecule has 0 spiro atoms. The third kappa shape index (κ3) is 5.11. The number of halogens is 1. The number of rotatable bonds is 3. The maximum Gasteiger partial charge on any atom is 0.320 e. The first kappa shape index (κ1) is 21.7. The zero-order valence-electron chi connectivity index (χ0n) is 17.5. The van der Waals surface area contributed by atoms with Crippen molar-refractivity contribution in [3.8, 4) is 23.7 Å². The summed E-state index contributed by atoms with van der Waals surface area (Å²) < 4.78 is 10.2. The molecule has 1 aromatic heterocycles. The number of allylic oxidation sites excluding steroid dienone is 1. The standard InChI is InChI=1S/C23H24ClN3O3/c1-23(2)15-27(21(28)19-14-20(29-3)26-22(25-19)30-4)12-11-17(23)9-5-7-16-8-6-10-18(24)13-16/h6,8-10,13-14H,11-12,15H2,1-4H3/b17-9+. The van der Waals surface area contributed by atoms with E-state index >= 15 is 0 Å². The van der Waals surface area contributed by atoms with Crippen LogP contribution in [0.2, 0.25) is 5.02 Å². The van der Waals surface area contributed by atoms with Gasteiger partial charge in [-0.05, 0) is 30.7 Å². The van der Waals surface area contributed by atoms with Crippen LogP contribution in [0.1, 0.15) is 36.3 Å². The van der Waals surface area contributed by atoms with Gasteiger partial charge in [-0.25, -0.2) is 0 Å². The number of likely N-dealkylation sites (tertiary alicyclic amines) is 1. The maximum atomic E-state index is 13.0. The number of carbonyl (C=O) groups is 1. The van der Waals surface area contributed by atoms with Crippen LogP contribution in [0.3, 0.4) is 0 Å². The van der Waals surface area contributed by atoms with Crippen LogP contribution in [0.5, 0.6) is 11.9 Å². The first-order chi connectivity index (χ1) is 14.3. The molecule has 1 amide bonds. The van der Waals surface area contributed by atoms with Crippen molar-refractivity contribution in [2.24, 2.45) is 5.41 Å². The van der Waals surface area contributed by atoms with E-state index in [1.54, 1.807) is 4.90 Å². The predicted octanol–water partition coefficient (Wildman–Crippen LogP) is 4.00. The highest BCUT2D eigenvalue weighted by atomic mass is 35.5. The Morgan fingerprint density at radius 3 is 2.70 bits per heavy atom. The fourth-order valence-corrected chi connectivity index (χ4v) is 3.53. The number of methoxy groups -OCH3 is 2. The number of piperidine rings is 1. The molecule has 156 valence electrons. The minimum absolute atomic E-state index is 0.103. The highest BCUT2D eigenvalue weighted by molar-refractivity contribution is 6.30. The van der Waals surface area contributed by atoms with Crippen molar-refractivity contribution < 1.29 is 14.3 Å². The van der Waals surface area contributed by atoms with Gasteiger partial charge in [0, 0.05) is 35.2 Å². The second kappa shape index (κ2) is 9.19. The normalized spacial score (nSPS) is 16.6. The number of aromatic nitrogens is 2. The van der Waals surface area contributed by atoms with Gasteiger partial charge in [-0.1, -0.05) is 48.9 Å². The molecule has 1 fully saturated rings. The van der Waals surface area contributed by atoms with Crippen LogP contribution in [0, 0.1) is 17.3 Å². The van der Waals surface area contributed by atoms with Crippen molar-refractivity contribution in [1.82, 2.24) is 14.9 Å². The molecular formula is C23H24ClN3O3. The highest BCUT2D eigenvalue weighted by Crippen LogP contribution is 2.34. The quantitative estimate of drug-likeness (QED) is 0.695. The predicted molar refractivity (Wildman–Crippen MR) is 116 cm³/mol. The number of ether oxygens (including phenoxy) is 2.